The van der Waals surface area contributed by atoms with Crippen LogP contribution in [0.25, 0.3) is 0 Å². The summed E-state index contributed by atoms with van der Waals surface area (Å²) in [4.78, 5) is 20.4. The van der Waals surface area contributed by atoms with Gasteiger partial charge in [-0.3, -0.25) is 9.59 Å². The van der Waals surface area contributed by atoms with Crippen molar-refractivity contribution in [2.24, 2.45) is 0 Å². The zero-order valence-electron chi connectivity index (χ0n) is 14.5. The predicted octanol–water partition coefficient (Wildman–Crippen LogP) is 2.28. The largest absolute Gasteiger partial charge is 0.481 e. The molecule has 6 heteroatoms. The van der Waals surface area contributed by atoms with Crippen LogP contribution < -0.4 is 0 Å². The van der Waals surface area contributed by atoms with Crippen LogP contribution in [0.3, 0.4) is 0 Å². The lowest BCUT2D eigenvalue weighted by atomic mass is 10.1. The first-order valence-corrected chi connectivity index (χ1v) is 8.56. The van der Waals surface area contributed by atoms with Crippen LogP contribution in [-0.4, -0.2) is 51.0 Å². The number of unbranched alkanes of at least 4 members (excludes halogenated alkanes) is 8. The highest BCUT2D eigenvalue weighted by molar-refractivity contribution is 5.80. The number of carboxylic acid groups (broad SMARTS) is 1. The summed E-state index contributed by atoms with van der Waals surface area (Å²) in [6.45, 7) is 2.77. The average molecular weight is 334 g/mol. The molecule has 0 radical (unpaired) electrons. The van der Waals surface area contributed by atoms with Gasteiger partial charge in [-0.05, 0) is 13.3 Å². The highest BCUT2D eigenvalue weighted by Gasteiger charge is 2.18. The van der Waals surface area contributed by atoms with Crippen molar-refractivity contribution in [3.63, 3.8) is 0 Å². The van der Waals surface area contributed by atoms with E-state index in [9.17, 15) is 9.59 Å². The van der Waals surface area contributed by atoms with E-state index in [2.05, 4.69) is 6.92 Å². The third-order valence-corrected chi connectivity index (χ3v) is 3.46. The van der Waals surface area contributed by atoms with E-state index in [0.29, 0.717) is 6.42 Å². The predicted molar refractivity (Wildman–Crippen MR) is 89.3 cm³/mol. The molecule has 0 aromatic carbocycles. The van der Waals surface area contributed by atoms with Crippen molar-refractivity contribution in [3.8, 4) is 0 Å². The summed E-state index contributed by atoms with van der Waals surface area (Å²) >= 11 is 0. The van der Waals surface area contributed by atoms with Crippen molar-refractivity contribution in [1.82, 2.24) is 0 Å². The van der Waals surface area contributed by atoms with Crippen LogP contribution in [0, 0.1) is 0 Å². The molecular formula is C17H34O6. The molecule has 2 atom stereocenters. The summed E-state index contributed by atoms with van der Waals surface area (Å²) in [6, 6.07) is 0. The summed E-state index contributed by atoms with van der Waals surface area (Å²) in [5, 5.41) is 33.8. The number of aliphatic carboxylic acids is 1. The van der Waals surface area contributed by atoms with Crippen LogP contribution >= 0.6 is 0 Å². The number of carboxylic acids is 1. The zero-order chi connectivity index (χ0) is 18.1. The normalized spacial score (nSPS) is 12.9. The second-order valence-corrected chi connectivity index (χ2v) is 5.78. The zero-order valence-corrected chi connectivity index (χ0v) is 14.5. The first kappa shape index (κ1) is 24.3. The van der Waals surface area contributed by atoms with Gasteiger partial charge < -0.3 is 20.4 Å². The maximum Gasteiger partial charge on any atom is 0.303 e. The fourth-order valence-corrected chi connectivity index (χ4v) is 1.96. The number of ketones is 1. The lowest BCUT2D eigenvalue weighted by Crippen LogP contribution is -2.34. The fourth-order valence-electron chi connectivity index (χ4n) is 1.96. The molecule has 2 unspecified atom stereocenters. The summed E-state index contributed by atoms with van der Waals surface area (Å²) in [7, 11) is 0. The molecule has 138 valence electrons. The van der Waals surface area contributed by atoms with Gasteiger partial charge >= 0.3 is 5.97 Å². The Balaban J connectivity index is 0. The van der Waals surface area contributed by atoms with Gasteiger partial charge in [0, 0.05) is 6.42 Å². The number of carbonyl (C=O) groups is 2. The fraction of sp³-hybridized carbons (Fsp3) is 0.882. The van der Waals surface area contributed by atoms with E-state index in [1.807, 2.05) is 0 Å². The van der Waals surface area contributed by atoms with Gasteiger partial charge in [-0.25, -0.2) is 0 Å². The summed E-state index contributed by atoms with van der Waals surface area (Å²) in [6.07, 6.45) is 8.68. The molecule has 0 heterocycles. The minimum absolute atomic E-state index is 0.343. The lowest BCUT2D eigenvalue weighted by molar-refractivity contribution is -0.137. The maximum absolute atomic E-state index is 10.2. The third-order valence-electron chi connectivity index (χ3n) is 3.46. The molecule has 0 saturated carbocycles. The highest BCUT2D eigenvalue weighted by Crippen LogP contribution is 2.10. The van der Waals surface area contributed by atoms with Crippen LogP contribution in [-0.2, 0) is 9.59 Å². The number of rotatable bonds is 13. The molecule has 23 heavy (non-hydrogen) atoms. The third kappa shape index (κ3) is 19.0. The molecule has 0 rings (SSSR count). The van der Waals surface area contributed by atoms with Crippen LogP contribution in [0.15, 0.2) is 0 Å². The SMILES string of the molecule is CC(=O)C(O)C(O)CO.CCCCCCCCCCCC(=O)O. The van der Waals surface area contributed by atoms with Crippen molar-refractivity contribution < 1.29 is 30.0 Å². The van der Waals surface area contributed by atoms with E-state index in [1.165, 1.54) is 44.9 Å². The van der Waals surface area contributed by atoms with E-state index in [1.54, 1.807) is 0 Å². The van der Waals surface area contributed by atoms with Gasteiger partial charge in [0.15, 0.2) is 5.78 Å². The maximum atomic E-state index is 10.2. The first-order valence-electron chi connectivity index (χ1n) is 8.56. The summed E-state index contributed by atoms with van der Waals surface area (Å²) in [5.74, 6) is -1.20. The van der Waals surface area contributed by atoms with Crippen molar-refractivity contribution in [2.75, 3.05) is 6.61 Å². The summed E-state index contributed by atoms with van der Waals surface area (Å²) < 4.78 is 0. The molecule has 0 spiro atoms. The van der Waals surface area contributed by atoms with Crippen molar-refractivity contribution in [2.45, 2.75) is 90.3 Å². The molecule has 0 aliphatic heterocycles. The van der Waals surface area contributed by atoms with Crippen molar-refractivity contribution in [1.29, 1.82) is 0 Å². The Morgan fingerprint density at radius 3 is 1.61 bits per heavy atom. The minimum atomic E-state index is -1.45. The van der Waals surface area contributed by atoms with Crippen LogP contribution in [0.4, 0.5) is 0 Å². The molecule has 0 saturated heterocycles. The van der Waals surface area contributed by atoms with Crippen LogP contribution in [0.2, 0.25) is 0 Å². The van der Waals surface area contributed by atoms with E-state index in [-0.39, 0.29) is 0 Å². The molecule has 0 aromatic heterocycles. The quantitative estimate of drug-likeness (QED) is 0.384. The Morgan fingerprint density at radius 1 is 0.870 bits per heavy atom. The van der Waals surface area contributed by atoms with Gasteiger partial charge in [-0.15, -0.1) is 0 Å². The molecular weight excluding hydrogens is 300 g/mol. The van der Waals surface area contributed by atoms with Gasteiger partial charge in [0.1, 0.15) is 12.2 Å². The minimum Gasteiger partial charge on any atom is -0.481 e. The number of hydrogen-bond donors (Lipinski definition) is 4. The van der Waals surface area contributed by atoms with Gasteiger partial charge in [-0.2, -0.15) is 0 Å². The van der Waals surface area contributed by atoms with E-state index < -0.39 is 30.6 Å². The Morgan fingerprint density at radius 2 is 1.30 bits per heavy atom. The molecule has 0 aromatic rings. The van der Waals surface area contributed by atoms with Gasteiger partial charge in [0.25, 0.3) is 0 Å². The number of Topliss-reactive ketones (excluding diaryl/α,β-unsaturated/α-hetero) is 1. The first-order chi connectivity index (χ1) is 10.9. The van der Waals surface area contributed by atoms with Crippen LogP contribution in [0.1, 0.15) is 78.1 Å². The molecule has 6 nitrogen and oxygen atoms in total. The molecule has 4 N–H and O–H groups in total. The van der Waals surface area contributed by atoms with E-state index in [0.717, 1.165) is 19.8 Å². The molecule has 0 aliphatic carbocycles. The summed E-state index contributed by atoms with van der Waals surface area (Å²) in [5.41, 5.74) is 0. The number of hydrogen-bond acceptors (Lipinski definition) is 5. The molecule has 0 bridgehead atoms. The van der Waals surface area contributed by atoms with E-state index >= 15 is 0 Å². The smallest absolute Gasteiger partial charge is 0.303 e. The highest BCUT2D eigenvalue weighted by atomic mass is 16.4. The van der Waals surface area contributed by atoms with Crippen molar-refractivity contribution >= 4 is 11.8 Å². The monoisotopic (exact) mass is 334 g/mol. The second-order valence-electron chi connectivity index (χ2n) is 5.78. The average Bonchev–Trinajstić information content (AvgIpc) is 2.52. The standard InChI is InChI=1S/C12H24O2.C5H10O4/c1-2-3-4-5-6-7-8-9-10-11-12(13)14;1-3(7)5(9)4(8)2-6/h2-11H2,1H3,(H,13,14);4-6,8-9H,2H2,1H3. The topological polar surface area (TPSA) is 115 Å². The molecule has 0 amide bonds. The Labute approximate surface area is 139 Å². The second kappa shape index (κ2) is 17.4. The van der Waals surface area contributed by atoms with E-state index in [4.69, 9.17) is 20.4 Å². The molecule has 0 fully saturated rings. The van der Waals surface area contributed by atoms with Crippen molar-refractivity contribution in [3.05, 3.63) is 0 Å². The Kier molecular flexibility index (Phi) is 18.3. The molecule has 0 aliphatic rings. The lowest BCUT2D eigenvalue weighted by Gasteiger charge is -2.10. The van der Waals surface area contributed by atoms with Gasteiger partial charge in [0.05, 0.1) is 6.61 Å². The van der Waals surface area contributed by atoms with Gasteiger partial charge in [0.2, 0.25) is 0 Å². The Hall–Kier alpha value is -0.980. The van der Waals surface area contributed by atoms with Crippen LogP contribution in [0.5, 0.6) is 0 Å². The number of carbonyl (C=O) groups excluding carboxylic acids is 1. The number of aliphatic hydroxyl groups excluding tert-OH is 3. The number of aliphatic hydroxyl groups is 3. The Bertz CT molecular complexity index is 293. The van der Waals surface area contributed by atoms with Gasteiger partial charge in [-0.1, -0.05) is 58.3 Å².